The van der Waals surface area contributed by atoms with Gasteiger partial charge in [0.1, 0.15) is 6.10 Å². The van der Waals surface area contributed by atoms with Crippen LogP contribution in [-0.2, 0) is 7.05 Å². The lowest BCUT2D eigenvalue weighted by atomic mass is 10.1. The molecule has 0 spiro atoms. The lowest BCUT2D eigenvalue weighted by Crippen LogP contribution is -1.98. The van der Waals surface area contributed by atoms with Crippen LogP contribution in [0.25, 0.3) is 0 Å². The summed E-state index contributed by atoms with van der Waals surface area (Å²) >= 11 is 0. The Kier molecular flexibility index (Phi) is 2.33. The minimum atomic E-state index is -0.585. The summed E-state index contributed by atoms with van der Waals surface area (Å²) in [6.45, 7) is 7.37. The Bertz CT molecular complexity index is 301. The molecule has 0 saturated heterocycles. The van der Waals surface area contributed by atoms with Crippen LogP contribution in [0.15, 0.2) is 18.3 Å². The predicted octanol–water partition coefficient (Wildman–Crippen LogP) is 1.34. The van der Waals surface area contributed by atoms with Gasteiger partial charge in [0, 0.05) is 18.8 Å². The lowest BCUT2D eigenvalue weighted by molar-refractivity contribution is 0.215. The fourth-order valence-corrected chi connectivity index (χ4v) is 1.15. The van der Waals surface area contributed by atoms with Crippen molar-refractivity contribution in [3.8, 4) is 0 Å². The zero-order chi connectivity index (χ0) is 9.30. The predicted molar refractivity (Wildman–Crippen MR) is 47.7 cm³/mol. The molecule has 0 aliphatic carbocycles. The van der Waals surface area contributed by atoms with Gasteiger partial charge in [0.25, 0.3) is 0 Å². The van der Waals surface area contributed by atoms with Crippen molar-refractivity contribution in [1.82, 2.24) is 9.78 Å². The fourth-order valence-electron chi connectivity index (χ4n) is 1.15. The first kappa shape index (κ1) is 9.00. The van der Waals surface area contributed by atoms with E-state index in [9.17, 15) is 5.11 Å². The average molecular weight is 166 g/mol. The highest BCUT2D eigenvalue weighted by atomic mass is 16.3. The third-order valence-corrected chi connectivity index (χ3v) is 1.81. The molecule has 1 unspecified atom stereocenters. The van der Waals surface area contributed by atoms with Crippen molar-refractivity contribution in [3.63, 3.8) is 0 Å². The molecule has 1 N–H and O–H groups in total. The molecule has 0 aromatic carbocycles. The van der Waals surface area contributed by atoms with E-state index >= 15 is 0 Å². The van der Waals surface area contributed by atoms with Crippen LogP contribution in [0.2, 0.25) is 0 Å². The summed E-state index contributed by atoms with van der Waals surface area (Å²) in [6.07, 6.45) is 1.23. The molecule has 0 aliphatic heterocycles. The topological polar surface area (TPSA) is 38.0 Å². The van der Waals surface area contributed by atoms with Crippen LogP contribution >= 0.6 is 0 Å². The smallest absolute Gasteiger partial charge is 0.103 e. The Hall–Kier alpha value is -1.09. The molecule has 66 valence electrons. The second kappa shape index (κ2) is 3.11. The molecule has 1 rings (SSSR count). The van der Waals surface area contributed by atoms with Crippen molar-refractivity contribution < 1.29 is 5.11 Å². The molecule has 1 aromatic heterocycles. The first-order valence-electron chi connectivity index (χ1n) is 3.86. The van der Waals surface area contributed by atoms with E-state index in [1.165, 1.54) is 0 Å². The van der Waals surface area contributed by atoms with Crippen LogP contribution in [0.4, 0.5) is 0 Å². The number of aliphatic hydroxyl groups is 1. The molecule has 0 radical (unpaired) electrons. The van der Waals surface area contributed by atoms with Gasteiger partial charge in [-0.3, -0.25) is 4.68 Å². The van der Waals surface area contributed by atoms with Gasteiger partial charge in [0.15, 0.2) is 0 Å². The van der Waals surface area contributed by atoms with E-state index in [1.807, 2.05) is 20.2 Å². The molecule has 3 nitrogen and oxygen atoms in total. The van der Waals surface area contributed by atoms with Gasteiger partial charge in [-0.05, 0) is 19.4 Å². The van der Waals surface area contributed by atoms with E-state index in [1.54, 1.807) is 11.6 Å². The molecule has 0 fully saturated rings. The Morgan fingerprint density at radius 1 is 1.75 bits per heavy atom. The van der Waals surface area contributed by atoms with Gasteiger partial charge in [0.05, 0.1) is 5.69 Å². The van der Waals surface area contributed by atoms with Gasteiger partial charge < -0.3 is 5.11 Å². The van der Waals surface area contributed by atoms with Crippen LogP contribution in [0.5, 0.6) is 0 Å². The Morgan fingerprint density at radius 3 is 2.67 bits per heavy atom. The van der Waals surface area contributed by atoms with E-state index in [-0.39, 0.29) is 0 Å². The summed E-state index contributed by atoms with van der Waals surface area (Å²) in [7, 11) is 1.83. The number of rotatable bonds is 2. The molecular weight excluding hydrogens is 152 g/mol. The number of aliphatic hydroxyl groups excluding tert-OH is 1. The largest absolute Gasteiger partial charge is 0.384 e. The van der Waals surface area contributed by atoms with Crippen molar-refractivity contribution >= 4 is 0 Å². The number of hydrogen-bond acceptors (Lipinski definition) is 2. The van der Waals surface area contributed by atoms with Gasteiger partial charge in [-0.15, -0.1) is 0 Å². The second-order valence-corrected chi connectivity index (χ2v) is 3.09. The quantitative estimate of drug-likeness (QED) is 0.673. The number of aromatic nitrogens is 2. The van der Waals surface area contributed by atoms with Crippen molar-refractivity contribution in [1.29, 1.82) is 0 Å². The summed E-state index contributed by atoms with van der Waals surface area (Å²) in [5, 5.41) is 13.8. The minimum Gasteiger partial charge on any atom is -0.384 e. The Labute approximate surface area is 72.3 Å². The van der Waals surface area contributed by atoms with Crippen LogP contribution in [0.3, 0.4) is 0 Å². The first-order chi connectivity index (χ1) is 5.52. The van der Waals surface area contributed by atoms with Crippen molar-refractivity contribution in [3.05, 3.63) is 29.6 Å². The zero-order valence-corrected chi connectivity index (χ0v) is 7.70. The standard InChI is InChI=1S/C9H14N2O/c1-6(2)9(12)8-5-11(4)10-7(8)3/h5,9,12H,1H2,2-4H3. The summed E-state index contributed by atoms with van der Waals surface area (Å²) < 4.78 is 1.69. The summed E-state index contributed by atoms with van der Waals surface area (Å²) in [5.74, 6) is 0. The Morgan fingerprint density at radius 2 is 2.33 bits per heavy atom. The molecule has 1 heterocycles. The average Bonchev–Trinajstić information content (AvgIpc) is 2.28. The molecule has 0 bridgehead atoms. The van der Waals surface area contributed by atoms with E-state index in [2.05, 4.69) is 11.7 Å². The monoisotopic (exact) mass is 166 g/mol. The first-order valence-corrected chi connectivity index (χ1v) is 3.86. The maximum absolute atomic E-state index is 9.64. The van der Waals surface area contributed by atoms with Crippen LogP contribution in [-0.4, -0.2) is 14.9 Å². The Balaban J connectivity index is 3.02. The molecule has 0 amide bonds. The van der Waals surface area contributed by atoms with Crippen molar-refractivity contribution in [2.75, 3.05) is 0 Å². The number of nitrogens with zero attached hydrogens (tertiary/aromatic N) is 2. The van der Waals surface area contributed by atoms with E-state index < -0.39 is 6.10 Å². The van der Waals surface area contributed by atoms with Crippen LogP contribution in [0, 0.1) is 6.92 Å². The van der Waals surface area contributed by atoms with E-state index in [4.69, 9.17) is 0 Å². The van der Waals surface area contributed by atoms with Crippen LogP contribution < -0.4 is 0 Å². The number of aryl methyl sites for hydroxylation is 2. The molecule has 1 atom stereocenters. The summed E-state index contributed by atoms with van der Waals surface area (Å²) in [5.41, 5.74) is 2.43. The number of hydrogen-bond donors (Lipinski definition) is 1. The van der Waals surface area contributed by atoms with E-state index in [0.717, 1.165) is 16.8 Å². The third kappa shape index (κ3) is 1.56. The highest BCUT2D eigenvalue weighted by molar-refractivity contribution is 5.24. The summed E-state index contributed by atoms with van der Waals surface area (Å²) in [6, 6.07) is 0. The molecule has 0 aliphatic rings. The highest BCUT2D eigenvalue weighted by Crippen LogP contribution is 2.21. The molecular formula is C9H14N2O. The van der Waals surface area contributed by atoms with Crippen LogP contribution in [0.1, 0.15) is 24.3 Å². The van der Waals surface area contributed by atoms with Gasteiger partial charge in [-0.25, -0.2) is 0 Å². The SMILES string of the molecule is C=C(C)C(O)c1cn(C)nc1C. The molecule has 1 aromatic rings. The second-order valence-electron chi connectivity index (χ2n) is 3.09. The normalized spacial score (nSPS) is 13.0. The van der Waals surface area contributed by atoms with Gasteiger partial charge in [-0.2, -0.15) is 5.10 Å². The van der Waals surface area contributed by atoms with Crippen molar-refractivity contribution in [2.45, 2.75) is 20.0 Å². The summed E-state index contributed by atoms with van der Waals surface area (Å²) in [4.78, 5) is 0. The lowest BCUT2D eigenvalue weighted by Gasteiger charge is -2.07. The maximum atomic E-state index is 9.64. The maximum Gasteiger partial charge on any atom is 0.103 e. The molecule has 12 heavy (non-hydrogen) atoms. The van der Waals surface area contributed by atoms with E-state index in [0.29, 0.717) is 0 Å². The fraction of sp³-hybridized carbons (Fsp3) is 0.444. The minimum absolute atomic E-state index is 0.585. The van der Waals surface area contributed by atoms with Gasteiger partial charge >= 0.3 is 0 Å². The van der Waals surface area contributed by atoms with Crippen molar-refractivity contribution in [2.24, 2.45) is 7.05 Å². The molecule has 3 heteroatoms. The zero-order valence-electron chi connectivity index (χ0n) is 7.70. The van der Waals surface area contributed by atoms with Gasteiger partial charge in [0.2, 0.25) is 0 Å². The third-order valence-electron chi connectivity index (χ3n) is 1.81. The molecule has 0 saturated carbocycles. The highest BCUT2D eigenvalue weighted by Gasteiger charge is 2.13. The van der Waals surface area contributed by atoms with Gasteiger partial charge in [-0.1, -0.05) is 6.58 Å².